The van der Waals surface area contributed by atoms with Crippen molar-refractivity contribution in [3.63, 3.8) is 0 Å². The maximum atomic E-state index is 5.67. The third kappa shape index (κ3) is 2.29. The molecule has 1 aliphatic heterocycles. The Bertz CT molecular complexity index is 607. The molecule has 108 valence electrons. The molecular weight excluding hydrogens is 268 g/mol. The lowest BCUT2D eigenvalue weighted by Crippen LogP contribution is -2.30. The van der Waals surface area contributed by atoms with Gasteiger partial charge in [0.05, 0.1) is 5.39 Å². The lowest BCUT2D eigenvalue weighted by atomic mass is 10.1. The van der Waals surface area contributed by atoms with Gasteiger partial charge in [-0.15, -0.1) is 11.3 Å². The zero-order valence-electron chi connectivity index (χ0n) is 12.2. The highest BCUT2D eigenvalue weighted by Crippen LogP contribution is 2.37. The van der Waals surface area contributed by atoms with E-state index in [2.05, 4.69) is 28.7 Å². The van der Waals surface area contributed by atoms with Gasteiger partial charge in [0.25, 0.3) is 0 Å². The Labute approximate surface area is 124 Å². The molecule has 0 aromatic carbocycles. The summed E-state index contributed by atoms with van der Waals surface area (Å²) in [5.41, 5.74) is 7.00. The smallest absolute Gasteiger partial charge is 0.141 e. The fraction of sp³-hybridized carbons (Fsp3) is 0.600. The van der Waals surface area contributed by atoms with Gasteiger partial charge in [-0.1, -0.05) is 0 Å². The normalized spacial score (nSPS) is 19.1. The van der Waals surface area contributed by atoms with Crippen LogP contribution in [0.1, 0.15) is 36.1 Å². The highest BCUT2D eigenvalue weighted by molar-refractivity contribution is 7.18. The van der Waals surface area contributed by atoms with Crippen molar-refractivity contribution >= 4 is 27.4 Å². The number of hydrogen-bond acceptors (Lipinski definition) is 5. The third-order valence-electron chi connectivity index (χ3n) is 4.34. The molecule has 2 N–H and O–H groups in total. The van der Waals surface area contributed by atoms with Crippen LogP contribution in [-0.4, -0.2) is 29.1 Å². The molecule has 1 atom stereocenters. The van der Waals surface area contributed by atoms with Gasteiger partial charge >= 0.3 is 0 Å². The van der Waals surface area contributed by atoms with Gasteiger partial charge in [-0.05, 0) is 51.6 Å². The first-order chi connectivity index (χ1) is 9.72. The quantitative estimate of drug-likeness (QED) is 0.940. The lowest BCUT2D eigenvalue weighted by Gasteiger charge is -2.26. The Balaban J connectivity index is 2.00. The van der Waals surface area contributed by atoms with Crippen LogP contribution in [0.15, 0.2) is 6.33 Å². The Kier molecular flexibility index (Phi) is 3.89. The number of nitrogens with two attached hydrogens (primary N) is 1. The first-order valence-electron chi connectivity index (χ1n) is 7.39. The van der Waals surface area contributed by atoms with Gasteiger partial charge in [-0.25, -0.2) is 9.97 Å². The molecule has 20 heavy (non-hydrogen) atoms. The first-order valence-corrected chi connectivity index (χ1v) is 8.21. The Morgan fingerprint density at radius 3 is 3.05 bits per heavy atom. The second-order valence-electron chi connectivity index (χ2n) is 5.58. The summed E-state index contributed by atoms with van der Waals surface area (Å²) < 4.78 is 0. The number of rotatable bonds is 4. The van der Waals surface area contributed by atoms with Gasteiger partial charge in [-0.2, -0.15) is 0 Å². The molecule has 0 radical (unpaired) electrons. The standard InChI is InChI=1S/C15H22N4S/c1-10-11(2)20-15-13(10)14(17-9-18-15)19-8-4-6-12(19)5-3-7-16/h9,12H,3-8,16H2,1-2H3. The number of thiophene rings is 1. The van der Waals surface area contributed by atoms with Crippen molar-refractivity contribution in [2.24, 2.45) is 5.73 Å². The maximum Gasteiger partial charge on any atom is 0.141 e. The second-order valence-corrected chi connectivity index (χ2v) is 6.78. The minimum atomic E-state index is 0.594. The number of anilines is 1. The molecule has 1 fully saturated rings. The molecular formula is C15H22N4S. The van der Waals surface area contributed by atoms with Crippen molar-refractivity contribution in [1.82, 2.24) is 9.97 Å². The van der Waals surface area contributed by atoms with E-state index >= 15 is 0 Å². The van der Waals surface area contributed by atoms with E-state index in [0.717, 1.165) is 30.2 Å². The minimum Gasteiger partial charge on any atom is -0.353 e. The first kappa shape index (κ1) is 13.8. The second kappa shape index (κ2) is 5.66. The summed E-state index contributed by atoms with van der Waals surface area (Å²) in [6.45, 7) is 6.24. The maximum absolute atomic E-state index is 5.67. The number of hydrogen-bond donors (Lipinski definition) is 1. The van der Waals surface area contributed by atoms with Gasteiger partial charge < -0.3 is 10.6 Å². The van der Waals surface area contributed by atoms with Crippen molar-refractivity contribution in [2.75, 3.05) is 18.0 Å². The van der Waals surface area contributed by atoms with Crippen LogP contribution in [0, 0.1) is 13.8 Å². The molecule has 0 saturated carbocycles. The number of aromatic nitrogens is 2. The van der Waals surface area contributed by atoms with E-state index in [-0.39, 0.29) is 0 Å². The molecule has 2 aromatic heterocycles. The molecule has 1 saturated heterocycles. The molecule has 3 rings (SSSR count). The van der Waals surface area contributed by atoms with E-state index in [9.17, 15) is 0 Å². The fourth-order valence-corrected chi connectivity index (χ4v) is 4.14. The van der Waals surface area contributed by atoms with E-state index in [0.29, 0.717) is 6.04 Å². The summed E-state index contributed by atoms with van der Waals surface area (Å²) >= 11 is 1.77. The Morgan fingerprint density at radius 2 is 2.25 bits per heavy atom. The van der Waals surface area contributed by atoms with Gasteiger partial charge in [0.15, 0.2) is 0 Å². The molecule has 0 bridgehead atoms. The van der Waals surface area contributed by atoms with Crippen molar-refractivity contribution in [1.29, 1.82) is 0 Å². The van der Waals surface area contributed by atoms with E-state index in [1.807, 2.05) is 0 Å². The average molecular weight is 290 g/mol. The van der Waals surface area contributed by atoms with Gasteiger partial charge in [-0.3, -0.25) is 0 Å². The highest BCUT2D eigenvalue weighted by Gasteiger charge is 2.27. The molecule has 0 amide bonds. The molecule has 4 nitrogen and oxygen atoms in total. The predicted octanol–water partition coefficient (Wildman–Crippen LogP) is 3.02. The van der Waals surface area contributed by atoms with Crippen LogP contribution < -0.4 is 10.6 Å². The topological polar surface area (TPSA) is 55.0 Å². The van der Waals surface area contributed by atoms with Crippen molar-refractivity contribution in [3.8, 4) is 0 Å². The van der Waals surface area contributed by atoms with E-state index in [1.165, 1.54) is 35.1 Å². The van der Waals surface area contributed by atoms with Crippen LogP contribution in [-0.2, 0) is 0 Å². The highest BCUT2D eigenvalue weighted by atomic mass is 32.1. The minimum absolute atomic E-state index is 0.594. The zero-order valence-corrected chi connectivity index (χ0v) is 13.0. The average Bonchev–Trinajstić information content (AvgIpc) is 3.02. The Hall–Kier alpha value is -1.20. The van der Waals surface area contributed by atoms with Crippen LogP contribution >= 0.6 is 11.3 Å². The third-order valence-corrected chi connectivity index (χ3v) is 5.45. The van der Waals surface area contributed by atoms with Crippen molar-refractivity contribution in [2.45, 2.75) is 45.6 Å². The molecule has 1 aliphatic rings. The number of fused-ring (bicyclic) bond motifs is 1. The van der Waals surface area contributed by atoms with Crippen molar-refractivity contribution < 1.29 is 0 Å². The van der Waals surface area contributed by atoms with Crippen LogP contribution in [0.3, 0.4) is 0 Å². The molecule has 5 heteroatoms. The number of aryl methyl sites for hydroxylation is 2. The van der Waals surface area contributed by atoms with Crippen LogP contribution in [0.2, 0.25) is 0 Å². The predicted molar refractivity (Wildman–Crippen MR) is 85.5 cm³/mol. The Morgan fingerprint density at radius 1 is 1.40 bits per heavy atom. The summed E-state index contributed by atoms with van der Waals surface area (Å²) in [7, 11) is 0. The number of nitrogens with zero attached hydrogens (tertiary/aromatic N) is 3. The fourth-order valence-electron chi connectivity index (χ4n) is 3.15. The van der Waals surface area contributed by atoms with E-state index < -0.39 is 0 Å². The van der Waals surface area contributed by atoms with Crippen LogP contribution in [0.5, 0.6) is 0 Å². The summed E-state index contributed by atoms with van der Waals surface area (Å²) in [4.78, 5) is 14.0. The lowest BCUT2D eigenvalue weighted by molar-refractivity contribution is 0.583. The summed E-state index contributed by atoms with van der Waals surface area (Å²) in [5.74, 6) is 1.14. The van der Waals surface area contributed by atoms with Gasteiger partial charge in [0.2, 0.25) is 0 Å². The van der Waals surface area contributed by atoms with E-state index in [4.69, 9.17) is 5.73 Å². The van der Waals surface area contributed by atoms with E-state index in [1.54, 1.807) is 17.7 Å². The molecule has 3 heterocycles. The van der Waals surface area contributed by atoms with Crippen molar-refractivity contribution in [3.05, 3.63) is 16.8 Å². The molecule has 2 aromatic rings. The SMILES string of the molecule is Cc1sc2ncnc(N3CCCC3CCCN)c2c1C. The summed E-state index contributed by atoms with van der Waals surface area (Å²) in [6.07, 6.45) is 6.49. The molecule has 1 unspecified atom stereocenters. The van der Waals surface area contributed by atoms with Crippen LogP contribution in [0.25, 0.3) is 10.2 Å². The van der Waals surface area contributed by atoms with Gasteiger partial charge in [0.1, 0.15) is 17.0 Å². The monoisotopic (exact) mass is 290 g/mol. The molecule has 0 aliphatic carbocycles. The largest absolute Gasteiger partial charge is 0.353 e. The summed E-state index contributed by atoms with van der Waals surface area (Å²) in [6, 6.07) is 0.594. The van der Waals surface area contributed by atoms with Crippen LogP contribution in [0.4, 0.5) is 5.82 Å². The summed E-state index contributed by atoms with van der Waals surface area (Å²) in [5, 5.41) is 1.26. The molecule has 0 spiro atoms. The van der Waals surface area contributed by atoms with Gasteiger partial charge in [0, 0.05) is 17.5 Å². The zero-order chi connectivity index (χ0) is 14.1.